The van der Waals surface area contributed by atoms with Gasteiger partial charge >= 0.3 is 0 Å². The molecule has 0 spiro atoms. The van der Waals surface area contributed by atoms with Crippen LogP contribution < -0.4 is 0 Å². The summed E-state index contributed by atoms with van der Waals surface area (Å²) in [5.41, 5.74) is 2.20. The van der Waals surface area contributed by atoms with Crippen molar-refractivity contribution in [3.8, 4) is 16.4 Å². The van der Waals surface area contributed by atoms with Crippen molar-refractivity contribution in [3.63, 3.8) is 0 Å². The van der Waals surface area contributed by atoms with Crippen LogP contribution in [0.25, 0.3) is 16.4 Å². The average Bonchev–Trinajstić information content (AvgIpc) is 2.93. The molecule has 1 aromatic carbocycles. The number of nitrogens with one attached hydrogen (secondary N) is 1. The van der Waals surface area contributed by atoms with E-state index in [0.717, 1.165) is 24.6 Å². The number of H-pyrrole nitrogens is 1. The van der Waals surface area contributed by atoms with Gasteiger partial charge in [0.2, 0.25) is 0 Å². The monoisotopic (exact) mass is 429 g/mol. The Balaban J connectivity index is 2.22. The van der Waals surface area contributed by atoms with E-state index in [0.29, 0.717) is 4.77 Å². The van der Waals surface area contributed by atoms with Gasteiger partial charge in [-0.1, -0.05) is 12.1 Å². The van der Waals surface area contributed by atoms with Crippen LogP contribution in [0.15, 0.2) is 38.6 Å². The first-order valence-corrected chi connectivity index (χ1v) is 8.57. The lowest BCUT2D eigenvalue weighted by Gasteiger charge is -2.06. The average molecular weight is 431 g/mol. The number of aryl methyl sites for hydroxylation is 1. The van der Waals surface area contributed by atoms with E-state index in [2.05, 4.69) is 61.1 Å². The first kappa shape index (κ1) is 14.2. The molecule has 0 bridgehead atoms. The first-order chi connectivity index (χ1) is 9.56. The minimum atomic E-state index is 0.589. The molecule has 0 aliphatic rings. The molecule has 2 heterocycles. The highest BCUT2D eigenvalue weighted by Gasteiger charge is 2.14. The van der Waals surface area contributed by atoms with Gasteiger partial charge in [-0.2, -0.15) is 5.10 Å². The molecule has 0 aliphatic carbocycles. The fraction of sp³-hybridized carbons (Fsp3) is 0.0769. The third kappa shape index (κ3) is 2.55. The van der Waals surface area contributed by atoms with Crippen LogP contribution in [0.3, 0.4) is 0 Å². The molecule has 0 saturated carbocycles. The molecule has 102 valence electrons. The highest BCUT2D eigenvalue weighted by atomic mass is 79.9. The molecule has 1 N–H and O–H groups in total. The quantitative estimate of drug-likeness (QED) is 0.545. The molecule has 0 atom stereocenters. The normalized spacial score (nSPS) is 10.9. The summed E-state index contributed by atoms with van der Waals surface area (Å²) in [7, 11) is 0. The summed E-state index contributed by atoms with van der Waals surface area (Å²) in [5, 5.41) is 7.24. The minimum absolute atomic E-state index is 0.589. The maximum absolute atomic E-state index is 5.36. The Morgan fingerprint density at radius 2 is 2.10 bits per heavy atom. The Labute approximate surface area is 141 Å². The summed E-state index contributed by atoms with van der Waals surface area (Å²) in [4.78, 5) is 1.04. The lowest BCUT2D eigenvalue weighted by Crippen LogP contribution is -1.97. The van der Waals surface area contributed by atoms with Gasteiger partial charge in [0.25, 0.3) is 0 Å². The number of nitrogens with zero attached hydrogens (tertiary/aromatic N) is 2. The summed E-state index contributed by atoms with van der Waals surface area (Å²) < 4.78 is 4.60. The van der Waals surface area contributed by atoms with Crippen LogP contribution in [0.5, 0.6) is 0 Å². The number of benzene rings is 1. The van der Waals surface area contributed by atoms with Crippen LogP contribution in [0.1, 0.15) is 5.56 Å². The molecule has 0 unspecified atom stereocenters. The second-order valence-corrected chi connectivity index (χ2v) is 7.87. The summed E-state index contributed by atoms with van der Waals surface area (Å²) >= 11 is 14.0. The summed E-state index contributed by atoms with van der Waals surface area (Å²) in [6.45, 7) is 2.06. The van der Waals surface area contributed by atoms with Crippen LogP contribution in [0, 0.1) is 11.7 Å². The molecule has 2 aromatic heterocycles. The Morgan fingerprint density at radius 3 is 2.75 bits per heavy atom. The molecule has 3 rings (SSSR count). The molecule has 3 nitrogen and oxygen atoms in total. The van der Waals surface area contributed by atoms with E-state index in [-0.39, 0.29) is 0 Å². The fourth-order valence-electron chi connectivity index (χ4n) is 1.93. The molecular weight excluding hydrogens is 422 g/mol. The van der Waals surface area contributed by atoms with Crippen molar-refractivity contribution in [1.82, 2.24) is 14.8 Å². The lowest BCUT2D eigenvalue weighted by molar-refractivity contribution is 1.03. The van der Waals surface area contributed by atoms with Crippen molar-refractivity contribution in [3.05, 3.63) is 48.9 Å². The second kappa shape index (κ2) is 5.55. The first-order valence-electron chi connectivity index (χ1n) is 5.76. The summed E-state index contributed by atoms with van der Waals surface area (Å²) in [5.74, 6) is 0.817. The van der Waals surface area contributed by atoms with Gasteiger partial charge in [0, 0.05) is 4.47 Å². The lowest BCUT2D eigenvalue weighted by atomic mass is 10.2. The SMILES string of the molecule is Cc1cccc(-n2c(-c3cc(Br)c(Br)s3)n[nH]c2=S)c1. The maximum Gasteiger partial charge on any atom is 0.200 e. The van der Waals surface area contributed by atoms with E-state index < -0.39 is 0 Å². The molecule has 0 aliphatic heterocycles. The van der Waals surface area contributed by atoms with Gasteiger partial charge in [-0.05, 0) is 74.8 Å². The number of aromatic amines is 1. The van der Waals surface area contributed by atoms with E-state index in [1.807, 2.05) is 22.8 Å². The molecule has 0 radical (unpaired) electrons. The third-order valence-corrected chi connectivity index (χ3v) is 6.32. The number of hydrogen-bond donors (Lipinski definition) is 1. The van der Waals surface area contributed by atoms with Crippen molar-refractivity contribution < 1.29 is 0 Å². The van der Waals surface area contributed by atoms with Crippen molar-refractivity contribution in [2.45, 2.75) is 6.92 Å². The van der Waals surface area contributed by atoms with E-state index in [1.165, 1.54) is 5.56 Å². The standard InChI is InChI=1S/C13H9Br2N3S2/c1-7-3-2-4-8(5-7)18-12(16-17-13(18)19)10-6-9(14)11(15)20-10/h2-6H,1H3,(H,17,19). The van der Waals surface area contributed by atoms with E-state index in [4.69, 9.17) is 12.2 Å². The smallest absolute Gasteiger partial charge is 0.200 e. The molecule has 0 saturated heterocycles. The van der Waals surface area contributed by atoms with Crippen LogP contribution in [-0.2, 0) is 0 Å². The van der Waals surface area contributed by atoms with Gasteiger partial charge in [-0.15, -0.1) is 11.3 Å². The number of aromatic nitrogens is 3. The van der Waals surface area contributed by atoms with Crippen LogP contribution in [-0.4, -0.2) is 14.8 Å². The van der Waals surface area contributed by atoms with E-state index in [1.54, 1.807) is 11.3 Å². The fourth-order valence-corrected chi connectivity index (χ4v) is 4.18. The zero-order valence-electron chi connectivity index (χ0n) is 10.4. The largest absolute Gasteiger partial charge is 0.267 e. The van der Waals surface area contributed by atoms with Crippen molar-refractivity contribution in [2.75, 3.05) is 0 Å². The zero-order valence-corrected chi connectivity index (χ0v) is 15.2. The molecular formula is C13H9Br2N3S2. The summed E-state index contributed by atoms with van der Waals surface area (Å²) in [6, 6.07) is 10.2. The number of hydrogen-bond acceptors (Lipinski definition) is 3. The Hall–Kier alpha value is -0.760. The van der Waals surface area contributed by atoms with Gasteiger partial charge in [-0.3, -0.25) is 9.67 Å². The van der Waals surface area contributed by atoms with E-state index in [9.17, 15) is 0 Å². The van der Waals surface area contributed by atoms with Gasteiger partial charge in [0.1, 0.15) is 0 Å². The molecule has 7 heteroatoms. The predicted molar refractivity (Wildman–Crippen MR) is 92.2 cm³/mol. The number of rotatable bonds is 2. The Morgan fingerprint density at radius 1 is 1.30 bits per heavy atom. The highest BCUT2D eigenvalue weighted by Crippen LogP contribution is 2.38. The predicted octanol–water partition coefficient (Wildman–Crippen LogP) is 5.49. The van der Waals surface area contributed by atoms with Gasteiger partial charge < -0.3 is 0 Å². The third-order valence-electron chi connectivity index (χ3n) is 2.80. The number of halogens is 2. The van der Waals surface area contributed by atoms with Crippen LogP contribution >= 0.6 is 55.4 Å². The molecule has 0 fully saturated rings. The number of thiophene rings is 1. The highest BCUT2D eigenvalue weighted by molar-refractivity contribution is 9.13. The van der Waals surface area contributed by atoms with Crippen LogP contribution in [0.4, 0.5) is 0 Å². The van der Waals surface area contributed by atoms with Crippen molar-refractivity contribution >= 4 is 55.4 Å². The molecule has 0 amide bonds. The minimum Gasteiger partial charge on any atom is -0.267 e. The molecule has 20 heavy (non-hydrogen) atoms. The van der Waals surface area contributed by atoms with Crippen molar-refractivity contribution in [2.24, 2.45) is 0 Å². The summed E-state index contributed by atoms with van der Waals surface area (Å²) in [6.07, 6.45) is 0. The topological polar surface area (TPSA) is 33.6 Å². The zero-order chi connectivity index (χ0) is 14.3. The van der Waals surface area contributed by atoms with Crippen molar-refractivity contribution in [1.29, 1.82) is 0 Å². The Bertz CT molecular complexity index is 813. The van der Waals surface area contributed by atoms with Gasteiger partial charge in [-0.25, -0.2) is 0 Å². The second-order valence-electron chi connectivity index (χ2n) is 4.26. The van der Waals surface area contributed by atoms with Crippen LogP contribution in [0.2, 0.25) is 0 Å². The van der Waals surface area contributed by atoms with E-state index >= 15 is 0 Å². The van der Waals surface area contributed by atoms with Gasteiger partial charge in [0.15, 0.2) is 10.6 Å². The Kier molecular flexibility index (Phi) is 3.94. The van der Waals surface area contributed by atoms with Gasteiger partial charge in [0.05, 0.1) is 14.4 Å². The maximum atomic E-state index is 5.36. The molecule has 3 aromatic rings.